The van der Waals surface area contributed by atoms with Crippen LogP contribution in [0.15, 0.2) is 0 Å². The smallest absolute Gasteiger partial charge is 0.0380 e. The molecule has 0 aromatic rings. The van der Waals surface area contributed by atoms with Gasteiger partial charge in [0.05, 0.1) is 0 Å². The van der Waals surface area contributed by atoms with Crippen LogP contribution in [0.2, 0.25) is 0 Å². The van der Waals surface area contributed by atoms with Crippen molar-refractivity contribution in [3.63, 3.8) is 0 Å². The molecule has 4 atom stereocenters. The maximum Gasteiger partial charge on any atom is -0.0380 e. The van der Waals surface area contributed by atoms with Gasteiger partial charge in [0, 0.05) is 0 Å². The fourth-order valence-corrected chi connectivity index (χ4v) is 5.43. The highest BCUT2D eigenvalue weighted by Gasteiger charge is 2.45. The number of fused-ring (bicyclic) bond motifs is 2. The van der Waals surface area contributed by atoms with Gasteiger partial charge in [-0.05, 0) is 74.0 Å². The molecule has 0 aromatic heterocycles. The van der Waals surface area contributed by atoms with Gasteiger partial charge in [-0.2, -0.15) is 0 Å². The van der Waals surface area contributed by atoms with Crippen LogP contribution in [0.5, 0.6) is 0 Å². The number of hydrogen-bond acceptors (Lipinski definition) is 0. The molecule has 0 radical (unpaired) electrons. The Morgan fingerprint density at radius 1 is 0.750 bits per heavy atom. The SMILES string of the molecule is CCCC1CC2CC3CC(C)CC3CC2C1. The molecule has 92 valence electrons. The van der Waals surface area contributed by atoms with E-state index in [1.165, 1.54) is 12.8 Å². The quantitative estimate of drug-likeness (QED) is 0.622. The van der Waals surface area contributed by atoms with Crippen molar-refractivity contribution < 1.29 is 0 Å². The van der Waals surface area contributed by atoms with E-state index in [-0.39, 0.29) is 0 Å². The van der Waals surface area contributed by atoms with Crippen molar-refractivity contribution >= 4 is 0 Å². The van der Waals surface area contributed by atoms with Gasteiger partial charge in [-0.25, -0.2) is 0 Å². The van der Waals surface area contributed by atoms with Crippen molar-refractivity contribution in [1.29, 1.82) is 0 Å². The summed E-state index contributed by atoms with van der Waals surface area (Å²) in [4.78, 5) is 0. The molecule has 0 bridgehead atoms. The molecule has 0 heterocycles. The summed E-state index contributed by atoms with van der Waals surface area (Å²) in [7, 11) is 0. The Kier molecular flexibility index (Phi) is 3.02. The molecule has 0 spiro atoms. The summed E-state index contributed by atoms with van der Waals surface area (Å²) in [6.45, 7) is 4.84. The van der Waals surface area contributed by atoms with E-state index in [0.717, 1.165) is 35.5 Å². The molecule has 0 nitrogen and oxygen atoms in total. The molecule has 3 rings (SSSR count). The Labute approximate surface area is 101 Å². The van der Waals surface area contributed by atoms with Crippen molar-refractivity contribution in [2.45, 2.75) is 65.2 Å². The highest BCUT2D eigenvalue weighted by molar-refractivity contribution is 4.95. The molecule has 3 fully saturated rings. The molecule has 4 unspecified atom stereocenters. The molecule has 16 heavy (non-hydrogen) atoms. The predicted molar refractivity (Wildman–Crippen MR) is 69.2 cm³/mol. The topological polar surface area (TPSA) is 0 Å². The maximum absolute atomic E-state index is 2.48. The minimum Gasteiger partial charge on any atom is -0.0654 e. The first-order valence-electron chi connectivity index (χ1n) is 7.76. The summed E-state index contributed by atoms with van der Waals surface area (Å²) in [5.74, 6) is 6.70. The second kappa shape index (κ2) is 4.35. The Morgan fingerprint density at radius 3 is 1.75 bits per heavy atom. The zero-order valence-electron chi connectivity index (χ0n) is 11.1. The minimum atomic E-state index is 1.04. The molecule has 0 amide bonds. The molecule has 3 aliphatic carbocycles. The summed E-state index contributed by atoms with van der Waals surface area (Å²) >= 11 is 0. The molecule has 3 saturated carbocycles. The van der Waals surface area contributed by atoms with Crippen molar-refractivity contribution in [3.8, 4) is 0 Å². The molecular formula is C16H28. The molecule has 3 aliphatic rings. The minimum absolute atomic E-state index is 1.04. The van der Waals surface area contributed by atoms with Crippen molar-refractivity contribution in [2.24, 2.45) is 35.5 Å². The zero-order valence-corrected chi connectivity index (χ0v) is 11.1. The predicted octanol–water partition coefficient (Wildman–Crippen LogP) is 4.89. The summed E-state index contributed by atoms with van der Waals surface area (Å²) < 4.78 is 0. The van der Waals surface area contributed by atoms with Gasteiger partial charge < -0.3 is 0 Å². The van der Waals surface area contributed by atoms with Gasteiger partial charge in [0.25, 0.3) is 0 Å². The standard InChI is InChI=1S/C16H28/c1-3-4-12-7-15-9-13-5-11(2)6-14(13)10-16(15)8-12/h11-16H,3-10H2,1-2H3. The van der Waals surface area contributed by atoms with E-state index >= 15 is 0 Å². The monoisotopic (exact) mass is 220 g/mol. The lowest BCUT2D eigenvalue weighted by molar-refractivity contribution is 0.157. The van der Waals surface area contributed by atoms with Gasteiger partial charge in [-0.3, -0.25) is 0 Å². The van der Waals surface area contributed by atoms with E-state index in [4.69, 9.17) is 0 Å². The first-order chi connectivity index (χ1) is 7.76. The van der Waals surface area contributed by atoms with Crippen LogP contribution in [0.1, 0.15) is 65.2 Å². The molecule has 0 heteroatoms. The van der Waals surface area contributed by atoms with E-state index in [0.29, 0.717) is 0 Å². The highest BCUT2D eigenvalue weighted by atomic mass is 14.5. The fourth-order valence-electron chi connectivity index (χ4n) is 5.43. The third-order valence-corrected chi connectivity index (χ3v) is 5.92. The largest absolute Gasteiger partial charge is 0.0654 e. The Morgan fingerprint density at radius 2 is 1.25 bits per heavy atom. The van der Waals surface area contributed by atoms with E-state index in [1.54, 1.807) is 38.5 Å². The third kappa shape index (κ3) is 1.93. The number of rotatable bonds is 2. The molecule has 0 saturated heterocycles. The summed E-state index contributed by atoms with van der Waals surface area (Å²) in [6.07, 6.45) is 12.5. The summed E-state index contributed by atoms with van der Waals surface area (Å²) in [6, 6.07) is 0. The van der Waals surface area contributed by atoms with Gasteiger partial charge in [-0.1, -0.05) is 26.7 Å². The molecular weight excluding hydrogens is 192 g/mol. The van der Waals surface area contributed by atoms with E-state index in [2.05, 4.69) is 13.8 Å². The van der Waals surface area contributed by atoms with Crippen LogP contribution in [-0.2, 0) is 0 Å². The van der Waals surface area contributed by atoms with Crippen LogP contribution in [0.4, 0.5) is 0 Å². The third-order valence-electron chi connectivity index (χ3n) is 5.92. The average Bonchev–Trinajstić information content (AvgIpc) is 2.75. The Hall–Kier alpha value is 0. The van der Waals surface area contributed by atoms with Crippen LogP contribution in [0, 0.1) is 35.5 Å². The van der Waals surface area contributed by atoms with Gasteiger partial charge >= 0.3 is 0 Å². The first kappa shape index (κ1) is 11.1. The highest BCUT2D eigenvalue weighted by Crippen LogP contribution is 2.55. The van der Waals surface area contributed by atoms with E-state index in [9.17, 15) is 0 Å². The van der Waals surface area contributed by atoms with Gasteiger partial charge in [0.1, 0.15) is 0 Å². The lowest BCUT2D eigenvalue weighted by Gasteiger charge is -2.34. The second-order valence-corrected chi connectivity index (χ2v) is 7.21. The molecule has 0 aliphatic heterocycles. The average molecular weight is 220 g/mol. The van der Waals surface area contributed by atoms with Crippen molar-refractivity contribution in [1.82, 2.24) is 0 Å². The molecule has 0 aromatic carbocycles. The zero-order chi connectivity index (χ0) is 11.1. The summed E-state index contributed by atoms with van der Waals surface area (Å²) in [5, 5.41) is 0. The summed E-state index contributed by atoms with van der Waals surface area (Å²) in [5.41, 5.74) is 0. The Bertz CT molecular complexity index is 222. The van der Waals surface area contributed by atoms with Crippen LogP contribution < -0.4 is 0 Å². The van der Waals surface area contributed by atoms with Gasteiger partial charge in [0.2, 0.25) is 0 Å². The van der Waals surface area contributed by atoms with Crippen molar-refractivity contribution in [2.75, 3.05) is 0 Å². The maximum atomic E-state index is 2.48. The Balaban J connectivity index is 1.62. The van der Waals surface area contributed by atoms with Gasteiger partial charge in [-0.15, -0.1) is 0 Å². The van der Waals surface area contributed by atoms with E-state index < -0.39 is 0 Å². The lowest BCUT2D eigenvalue weighted by atomic mass is 9.71. The van der Waals surface area contributed by atoms with Crippen LogP contribution >= 0.6 is 0 Å². The molecule has 0 N–H and O–H groups in total. The lowest BCUT2D eigenvalue weighted by Crippen LogP contribution is -2.25. The van der Waals surface area contributed by atoms with Crippen LogP contribution in [0.3, 0.4) is 0 Å². The van der Waals surface area contributed by atoms with Crippen molar-refractivity contribution in [3.05, 3.63) is 0 Å². The fraction of sp³-hybridized carbons (Fsp3) is 1.00. The first-order valence-corrected chi connectivity index (χ1v) is 7.76. The van der Waals surface area contributed by atoms with Gasteiger partial charge in [0.15, 0.2) is 0 Å². The number of hydrogen-bond donors (Lipinski definition) is 0. The van der Waals surface area contributed by atoms with E-state index in [1.807, 2.05) is 0 Å². The van der Waals surface area contributed by atoms with Crippen LogP contribution in [-0.4, -0.2) is 0 Å². The van der Waals surface area contributed by atoms with Crippen LogP contribution in [0.25, 0.3) is 0 Å². The normalized spacial score (nSPS) is 51.4. The second-order valence-electron chi connectivity index (χ2n) is 7.21.